The zero-order chi connectivity index (χ0) is 27.3. The highest BCUT2D eigenvalue weighted by atomic mass is 35.5. The number of aliphatic imine (C=N–C) groups is 1. The van der Waals surface area contributed by atoms with E-state index in [0.29, 0.717) is 5.69 Å². The van der Waals surface area contributed by atoms with E-state index in [1.165, 1.54) is 32.2 Å². The Kier molecular flexibility index (Phi) is 13.0. The molecule has 2 aromatic rings. The minimum atomic E-state index is -1.02. The fourth-order valence-corrected chi connectivity index (χ4v) is 3.45. The number of hydrogen-bond donors (Lipinski definition) is 3. The summed E-state index contributed by atoms with van der Waals surface area (Å²) in [5, 5.41) is 5.27. The van der Waals surface area contributed by atoms with Crippen molar-refractivity contribution in [3.63, 3.8) is 0 Å². The Morgan fingerprint density at radius 2 is 1.83 bits per heavy atom. The molecule has 0 aliphatic carbocycles. The van der Waals surface area contributed by atoms with Crippen LogP contribution in [0.1, 0.15) is 49.2 Å². The fraction of sp³-hybridized carbons (Fsp3) is 0.292. The molecule has 2 amide bonds. The maximum Gasteiger partial charge on any atom is 0.308 e. The first kappa shape index (κ1) is 30.4. The number of rotatable bonds is 9. The van der Waals surface area contributed by atoms with Crippen LogP contribution >= 0.6 is 23.2 Å². The number of amides is 2. The summed E-state index contributed by atoms with van der Waals surface area (Å²) in [5.74, 6) is -2.55. The van der Waals surface area contributed by atoms with Gasteiger partial charge >= 0.3 is 11.9 Å². The number of nitrogens with two attached hydrogens (primary N) is 1. The number of methoxy groups -OCH3 is 1. The minimum Gasteiger partial charge on any atom is -0.469 e. The van der Waals surface area contributed by atoms with Crippen molar-refractivity contribution >= 4 is 59.0 Å². The Morgan fingerprint density at radius 3 is 2.44 bits per heavy atom. The van der Waals surface area contributed by atoms with Gasteiger partial charge in [0.25, 0.3) is 5.91 Å². The second-order valence-electron chi connectivity index (χ2n) is 6.81. The SMILES string of the molecule is CC.COC(=O)CC(NC(=O)CNC(=O)c1cccc(N=CN)c1)c1cc(Cl)cc(Cl)c1OC(C)=O. The monoisotopic (exact) mass is 538 g/mol. The van der Waals surface area contributed by atoms with Gasteiger partial charge in [0.15, 0.2) is 5.75 Å². The lowest BCUT2D eigenvalue weighted by Crippen LogP contribution is -2.39. The van der Waals surface area contributed by atoms with Gasteiger partial charge in [-0.3, -0.25) is 19.2 Å². The van der Waals surface area contributed by atoms with Crippen molar-refractivity contribution in [1.29, 1.82) is 0 Å². The Bertz CT molecular complexity index is 1120. The summed E-state index contributed by atoms with van der Waals surface area (Å²) in [4.78, 5) is 52.4. The summed E-state index contributed by atoms with van der Waals surface area (Å²) in [6, 6.07) is 8.04. The summed E-state index contributed by atoms with van der Waals surface area (Å²) in [7, 11) is 1.18. The van der Waals surface area contributed by atoms with Gasteiger partial charge in [0.2, 0.25) is 5.91 Å². The lowest BCUT2D eigenvalue weighted by molar-refractivity contribution is -0.141. The molecule has 36 heavy (non-hydrogen) atoms. The van der Waals surface area contributed by atoms with Crippen LogP contribution in [-0.4, -0.2) is 43.7 Å². The van der Waals surface area contributed by atoms with Crippen molar-refractivity contribution in [3.8, 4) is 5.75 Å². The molecular formula is C24H28Cl2N4O6. The molecule has 0 saturated heterocycles. The van der Waals surface area contributed by atoms with Gasteiger partial charge in [0, 0.05) is 23.1 Å². The van der Waals surface area contributed by atoms with Crippen LogP contribution in [0, 0.1) is 0 Å². The molecule has 1 unspecified atom stereocenters. The predicted molar refractivity (Wildman–Crippen MR) is 138 cm³/mol. The van der Waals surface area contributed by atoms with E-state index >= 15 is 0 Å². The van der Waals surface area contributed by atoms with E-state index in [9.17, 15) is 19.2 Å². The number of hydrogen-bond acceptors (Lipinski definition) is 7. The van der Waals surface area contributed by atoms with Crippen LogP contribution < -0.4 is 21.1 Å². The van der Waals surface area contributed by atoms with E-state index in [0.717, 1.165) is 6.34 Å². The second kappa shape index (κ2) is 15.4. The van der Waals surface area contributed by atoms with Crippen LogP contribution in [-0.2, 0) is 19.1 Å². The normalized spacial score (nSPS) is 11.1. The molecule has 0 radical (unpaired) electrons. The number of carbonyl (C=O) groups is 4. The molecule has 0 spiro atoms. The fourth-order valence-electron chi connectivity index (χ4n) is 2.90. The summed E-state index contributed by atoms with van der Waals surface area (Å²) >= 11 is 12.3. The first-order valence-corrected chi connectivity index (χ1v) is 11.6. The summed E-state index contributed by atoms with van der Waals surface area (Å²) < 4.78 is 9.87. The molecule has 10 nitrogen and oxygen atoms in total. The zero-order valence-corrected chi connectivity index (χ0v) is 21.8. The second-order valence-corrected chi connectivity index (χ2v) is 7.65. The third-order valence-corrected chi connectivity index (χ3v) is 4.83. The molecule has 0 aliphatic heterocycles. The van der Waals surface area contributed by atoms with Crippen LogP contribution in [0.2, 0.25) is 10.0 Å². The molecular weight excluding hydrogens is 511 g/mol. The summed E-state index contributed by atoms with van der Waals surface area (Å²) in [6.07, 6.45) is 0.776. The molecule has 1 atom stereocenters. The van der Waals surface area contributed by atoms with Gasteiger partial charge < -0.3 is 25.8 Å². The average Bonchev–Trinajstić information content (AvgIpc) is 2.85. The maximum atomic E-state index is 12.6. The molecule has 0 saturated carbocycles. The van der Waals surface area contributed by atoms with E-state index in [1.807, 2.05) is 13.8 Å². The van der Waals surface area contributed by atoms with E-state index in [2.05, 4.69) is 15.6 Å². The number of nitrogens with one attached hydrogen (secondary N) is 2. The van der Waals surface area contributed by atoms with Gasteiger partial charge in [-0.1, -0.05) is 43.1 Å². The van der Waals surface area contributed by atoms with Crippen LogP contribution in [0.4, 0.5) is 5.69 Å². The smallest absolute Gasteiger partial charge is 0.308 e. The Morgan fingerprint density at radius 1 is 1.14 bits per heavy atom. The standard InChI is InChI=1S/C22H22Cl2N4O6.C2H6/c1-12(29)34-21-16(7-14(23)8-17(21)24)18(9-20(31)33-2)28-19(30)10-26-22(32)13-4-3-5-15(6-13)27-11-25;1-2/h3-8,11,18H,9-10H2,1-2H3,(H2,25,27)(H,26,32)(H,28,30);1-2H3. The molecule has 0 aliphatic rings. The highest BCUT2D eigenvalue weighted by Crippen LogP contribution is 2.37. The minimum absolute atomic E-state index is 0.00939. The number of halogens is 2. The molecule has 0 heterocycles. The van der Waals surface area contributed by atoms with Gasteiger partial charge in [0.05, 0.1) is 43.2 Å². The zero-order valence-electron chi connectivity index (χ0n) is 20.3. The van der Waals surface area contributed by atoms with Crippen molar-refractivity contribution in [2.24, 2.45) is 10.7 Å². The highest BCUT2D eigenvalue weighted by molar-refractivity contribution is 6.35. The van der Waals surface area contributed by atoms with Crippen LogP contribution in [0.25, 0.3) is 0 Å². The Balaban J connectivity index is 0.00000316. The molecule has 2 rings (SSSR count). The number of esters is 2. The highest BCUT2D eigenvalue weighted by Gasteiger charge is 2.25. The molecule has 2 aromatic carbocycles. The van der Waals surface area contributed by atoms with Gasteiger partial charge in [-0.25, -0.2) is 4.99 Å². The number of carbonyl (C=O) groups excluding carboxylic acids is 4. The van der Waals surface area contributed by atoms with Crippen molar-refractivity contribution in [2.45, 2.75) is 33.2 Å². The van der Waals surface area contributed by atoms with Crippen molar-refractivity contribution < 1.29 is 28.7 Å². The molecule has 194 valence electrons. The predicted octanol–water partition coefficient (Wildman–Crippen LogP) is 3.71. The van der Waals surface area contributed by atoms with E-state index < -0.39 is 36.3 Å². The molecule has 0 fully saturated rings. The third-order valence-electron chi connectivity index (χ3n) is 4.33. The average molecular weight is 539 g/mol. The van der Waals surface area contributed by atoms with Crippen LogP contribution in [0.15, 0.2) is 41.4 Å². The number of ether oxygens (including phenoxy) is 2. The topological polar surface area (TPSA) is 149 Å². The largest absolute Gasteiger partial charge is 0.469 e. The number of nitrogens with zero attached hydrogens (tertiary/aromatic N) is 1. The lowest BCUT2D eigenvalue weighted by atomic mass is 10.0. The van der Waals surface area contributed by atoms with Gasteiger partial charge in [0.1, 0.15) is 0 Å². The van der Waals surface area contributed by atoms with Crippen LogP contribution in [0.3, 0.4) is 0 Å². The van der Waals surface area contributed by atoms with Gasteiger partial charge in [-0.15, -0.1) is 0 Å². The molecule has 0 aromatic heterocycles. The molecule has 12 heteroatoms. The lowest BCUT2D eigenvalue weighted by Gasteiger charge is -2.22. The molecule has 0 bridgehead atoms. The van der Waals surface area contributed by atoms with Gasteiger partial charge in [-0.05, 0) is 30.3 Å². The summed E-state index contributed by atoms with van der Waals surface area (Å²) in [6.45, 7) is 4.75. The van der Waals surface area contributed by atoms with E-state index in [4.69, 9.17) is 38.4 Å². The van der Waals surface area contributed by atoms with E-state index in [1.54, 1.807) is 18.2 Å². The Labute approximate surface area is 219 Å². The molecule has 4 N–H and O–H groups in total. The number of benzene rings is 2. The van der Waals surface area contributed by atoms with Crippen molar-refractivity contribution in [2.75, 3.05) is 13.7 Å². The first-order valence-electron chi connectivity index (χ1n) is 10.8. The van der Waals surface area contributed by atoms with Crippen molar-refractivity contribution in [1.82, 2.24) is 10.6 Å². The van der Waals surface area contributed by atoms with Crippen LogP contribution in [0.5, 0.6) is 5.75 Å². The first-order chi connectivity index (χ1) is 17.1. The Hall–Kier alpha value is -3.63. The quantitative estimate of drug-likeness (QED) is 0.190. The summed E-state index contributed by atoms with van der Waals surface area (Å²) in [5.41, 5.74) is 6.17. The third kappa shape index (κ3) is 9.55. The van der Waals surface area contributed by atoms with Crippen molar-refractivity contribution in [3.05, 3.63) is 57.6 Å². The van der Waals surface area contributed by atoms with Gasteiger partial charge in [-0.2, -0.15) is 0 Å². The van der Waals surface area contributed by atoms with E-state index in [-0.39, 0.29) is 33.3 Å². The maximum absolute atomic E-state index is 12.6.